The number of hydrogen-bond donors (Lipinski definition) is 0. The molecule has 0 amide bonds. The summed E-state index contributed by atoms with van der Waals surface area (Å²) >= 11 is 0. The normalized spacial score (nSPS) is 9.81. The minimum atomic E-state index is -0.282. The second kappa shape index (κ2) is 5.54. The molecule has 2 aromatic rings. The maximum absolute atomic E-state index is 13.5. The SMILES string of the molecule is CC.CCc1cc(F)c2nc(C)cnc2c1. The van der Waals surface area contributed by atoms with E-state index >= 15 is 0 Å². The predicted molar refractivity (Wildman–Crippen MR) is 65.0 cm³/mol. The van der Waals surface area contributed by atoms with E-state index in [0.717, 1.165) is 17.7 Å². The molecule has 0 aliphatic rings. The Hall–Kier alpha value is -1.51. The van der Waals surface area contributed by atoms with E-state index in [2.05, 4.69) is 9.97 Å². The second-order valence-electron chi connectivity index (χ2n) is 3.31. The lowest BCUT2D eigenvalue weighted by molar-refractivity contribution is 0.634. The molecular formula is C13H17FN2. The zero-order valence-electron chi connectivity index (χ0n) is 10.2. The molecule has 1 aromatic heterocycles. The summed E-state index contributed by atoms with van der Waals surface area (Å²) in [6.45, 7) is 7.79. The van der Waals surface area contributed by atoms with Gasteiger partial charge in [-0.05, 0) is 31.0 Å². The van der Waals surface area contributed by atoms with Crippen molar-refractivity contribution in [3.05, 3.63) is 35.4 Å². The van der Waals surface area contributed by atoms with E-state index in [1.807, 2.05) is 26.8 Å². The molecule has 0 saturated carbocycles. The van der Waals surface area contributed by atoms with Crippen LogP contribution in [-0.4, -0.2) is 9.97 Å². The zero-order valence-corrected chi connectivity index (χ0v) is 10.2. The zero-order chi connectivity index (χ0) is 12.1. The van der Waals surface area contributed by atoms with Crippen LogP contribution in [0.5, 0.6) is 0 Å². The van der Waals surface area contributed by atoms with Gasteiger partial charge in [0.2, 0.25) is 0 Å². The van der Waals surface area contributed by atoms with E-state index in [0.29, 0.717) is 11.0 Å². The molecule has 3 heteroatoms. The van der Waals surface area contributed by atoms with Crippen LogP contribution in [0.3, 0.4) is 0 Å². The standard InChI is InChI=1S/C11H11FN2.C2H6/c1-3-8-4-9(12)11-10(5-8)13-6-7(2)14-11;1-2/h4-6H,3H2,1-2H3;1-2H3. The van der Waals surface area contributed by atoms with Gasteiger partial charge < -0.3 is 0 Å². The molecule has 0 radical (unpaired) electrons. The van der Waals surface area contributed by atoms with E-state index in [-0.39, 0.29) is 5.82 Å². The maximum Gasteiger partial charge on any atom is 0.151 e. The van der Waals surface area contributed by atoms with Gasteiger partial charge in [0.15, 0.2) is 5.82 Å². The molecule has 0 spiro atoms. The number of hydrogen-bond acceptors (Lipinski definition) is 2. The highest BCUT2D eigenvalue weighted by Gasteiger charge is 2.05. The van der Waals surface area contributed by atoms with Crippen LogP contribution >= 0.6 is 0 Å². The Labute approximate surface area is 95.5 Å². The number of aromatic nitrogens is 2. The number of halogens is 1. The summed E-state index contributed by atoms with van der Waals surface area (Å²) in [6.07, 6.45) is 2.46. The van der Waals surface area contributed by atoms with E-state index in [1.165, 1.54) is 6.07 Å². The van der Waals surface area contributed by atoms with Gasteiger partial charge in [-0.25, -0.2) is 9.37 Å². The summed E-state index contributed by atoms with van der Waals surface area (Å²) < 4.78 is 13.5. The molecule has 0 saturated heterocycles. The van der Waals surface area contributed by atoms with Crippen molar-refractivity contribution >= 4 is 11.0 Å². The summed E-state index contributed by atoms with van der Waals surface area (Å²) in [7, 11) is 0. The van der Waals surface area contributed by atoms with Gasteiger partial charge in [-0.3, -0.25) is 4.98 Å². The molecule has 0 fully saturated rings. The molecule has 1 heterocycles. The molecule has 86 valence electrons. The number of nitrogens with zero attached hydrogens (tertiary/aromatic N) is 2. The molecule has 0 aliphatic heterocycles. The first kappa shape index (κ1) is 12.6. The lowest BCUT2D eigenvalue weighted by atomic mass is 10.1. The summed E-state index contributed by atoms with van der Waals surface area (Å²) in [6, 6.07) is 3.40. The highest BCUT2D eigenvalue weighted by molar-refractivity contribution is 5.75. The Morgan fingerprint density at radius 1 is 1.25 bits per heavy atom. The first-order valence-electron chi connectivity index (χ1n) is 5.62. The smallest absolute Gasteiger partial charge is 0.151 e. The van der Waals surface area contributed by atoms with Gasteiger partial charge in [-0.1, -0.05) is 20.8 Å². The van der Waals surface area contributed by atoms with Gasteiger partial charge in [0.25, 0.3) is 0 Å². The molecule has 2 nitrogen and oxygen atoms in total. The van der Waals surface area contributed by atoms with Crippen molar-refractivity contribution in [2.75, 3.05) is 0 Å². The largest absolute Gasteiger partial charge is 0.253 e. The molecule has 16 heavy (non-hydrogen) atoms. The molecular weight excluding hydrogens is 203 g/mol. The van der Waals surface area contributed by atoms with Crippen molar-refractivity contribution in [2.24, 2.45) is 0 Å². The number of fused-ring (bicyclic) bond motifs is 1. The fraction of sp³-hybridized carbons (Fsp3) is 0.385. The fourth-order valence-electron chi connectivity index (χ4n) is 1.42. The van der Waals surface area contributed by atoms with Gasteiger partial charge in [-0.15, -0.1) is 0 Å². The number of aryl methyl sites for hydroxylation is 2. The van der Waals surface area contributed by atoms with Crippen molar-refractivity contribution in [1.29, 1.82) is 0 Å². The minimum absolute atomic E-state index is 0.282. The topological polar surface area (TPSA) is 25.8 Å². The Bertz CT molecular complexity index is 481. The lowest BCUT2D eigenvalue weighted by Crippen LogP contribution is -1.93. The summed E-state index contributed by atoms with van der Waals surface area (Å²) in [5.74, 6) is -0.282. The van der Waals surface area contributed by atoms with Crippen LogP contribution in [0.15, 0.2) is 18.3 Å². The monoisotopic (exact) mass is 220 g/mol. The van der Waals surface area contributed by atoms with Gasteiger partial charge >= 0.3 is 0 Å². The quantitative estimate of drug-likeness (QED) is 0.732. The molecule has 2 rings (SSSR count). The molecule has 0 atom stereocenters. The Kier molecular flexibility index (Phi) is 4.35. The third kappa shape index (κ3) is 2.54. The Morgan fingerprint density at radius 3 is 2.56 bits per heavy atom. The average molecular weight is 220 g/mol. The number of rotatable bonds is 1. The summed E-state index contributed by atoms with van der Waals surface area (Å²) in [5, 5.41) is 0. The van der Waals surface area contributed by atoms with E-state index in [4.69, 9.17) is 0 Å². The van der Waals surface area contributed by atoms with Crippen LogP contribution in [0.4, 0.5) is 4.39 Å². The molecule has 0 bridgehead atoms. The van der Waals surface area contributed by atoms with Gasteiger partial charge in [-0.2, -0.15) is 0 Å². The highest BCUT2D eigenvalue weighted by Crippen LogP contribution is 2.16. The van der Waals surface area contributed by atoms with Crippen molar-refractivity contribution in [1.82, 2.24) is 9.97 Å². The van der Waals surface area contributed by atoms with Crippen molar-refractivity contribution < 1.29 is 4.39 Å². The van der Waals surface area contributed by atoms with Crippen molar-refractivity contribution in [3.8, 4) is 0 Å². The Balaban J connectivity index is 0.000000606. The molecule has 0 aliphatic carbocycles. The van der Waals surface area contributed by atoms with E-state index in [1.54, 1.807) is 13.1 Å². The van der Waals surface area contributed by atoms with Crippen LogP contribution in [0.25, 0.3) is 11.0 Å². The minimum Gasteiger partial charge on any atom is -0.253 e. The van der Waals surface area contributed by atoms with E-state index < -0.39 is 0 Å². The average Bonchev–Trinajstić information content (AvgIpc) is 2.32. The van der Waals surface area contributed by atoms with Crippen LogP contribution in [-0.2, 0) is 6.42 Å². The van der Waals surface area contributed by atoms with Gasteiger partial charge in [0.1, 0.15) is 5.52 Å². The van der Waals surface area contributed by atoms with Crippen LogP contribution in [0, 0.1) is 12.7 Å². The van der Waals surface area contributed by atoms with Crippen LogP contribution in [0.1, 0.15) is 32.0 Å². The highest BCUT2D eigenvalue weighted by atomic mass is 19.1. The van der Waals surface area contributed by atoms with Crippen LogP contribution in [0.2, 0.25) is 0 Å². The third-order valence-corrected chi connectivity index (χ3v) is 2.19. The summed E-state index contributed by atoms with van der Waals surface area (Å²) in [5.41, 5.74) is 2.68. The number of benzene rings is 1. The van der Waals surface area contributed by atoms with E-state index in [9.17, 15) is 4.39 Å². The van der Waals surface area contributed by atoms with Gasteiger partial charge in [0, 0.05) is 6.20 Å². The third-order valence-electron chi connectivity index (χ3n) is 2.19. The fourth-order valence-corrected chi connectivity index (χ4v) is 1.42. The lowest BCUT2D eigenvalue weighted by Gasteiger charge is -2.02. The van der Waals surface area contributed by atoms with Crippen molar-refractivity contribution in [3.63, 3.8) is 0 Å². The molecule has 0 unspecified atom stereocenters. The molecule has 1 aromatic carbocycles. The van der Waals surface area contributed by atoms with Crippen molar-refractivity contribution in [2.45, 2.75) is 34.1 Å². The van der Waals surface area contributed by atoms with Crippen LogP contribution < -0.4 is 0 Å². The summed E-state index contributed by atoms with van der Waals surface area (Å²) in [4.78, 5) is 8.26. The van der Waals surface area contributed by atoms with Gasteiger partial charge in [0.05, 0.1) is 11.2 Å². The second-order valence-corrected chi connectivity index (χ2v) is 3.31. The maximum atomic E-state index is 13.5. The predicted octanol–water partition coefficient (Wildman–Crippen LogP) is 3.67. The molecule has 0 N–H and O–H groups in total. The first-order valence-corrected chi connectivity index (χ1v) is 5.62. The first-order chi connectivity index (χ1) is 7.70. The Morgan fingerprint density at radius 2 is 1.94 bits per heavy atom.